The molecule has 3 heteroatoms. The molecular formula is C17H13N3. The number of fused-ring (bicyclic) bond motifs is 2. The SMILES string of the molecule is Cc1cn2nc(-c3ccc4ccccc4c3)ccc2n1. The molecule has 0 amide bonds. The van der Waals surface area contributed by atoms with Gasteiger partial charge in [0.15, 0.2) is 5.65 Å². The summed E-state index contributed by atoms with van der Waals surface area (Å²) in [5.41, 5.74) is 3.94. The molecule has 0 atom stereocenters. The Balaban J connectivity index is 1.90. The summed E-state index contributed by atoms with van der Waals surface area (Å²) >= 11 is 0. The maximum absolute atomic E-state index is 4.63. The lowest BCUT2D eigenvalue weighted by atomic mass is 10.1. The summed E-state index contributed by atoms with van der Waals surface area (Å²) in [6, 6.07) is 18.8. The summed E-state index contributed by atoms with van der Waals surface area (Å²) in [5, 5.41) is 7.10. The lowest BCUT2D eigenvalue weighted by Crippen LogP contribution is -1.93. The maximum Gasteiger partial charge on any atom is 0.153 e. The first-order valence-electron chi connectivity index (χ1n) is 6.62. The fourth-order valence-electron chi connectivity index (χ4n) is 2.50. The number of hydrogen-bond acceptors (Lipinski definition) is 2. The van der Waals surface area contributed by atoms with Crippen molar-refractivity contribution in [2.75, 3.05) is 0 Å². The summed E-state index contributed by atoms with van der Waals surface area (Å²) in [6.07, 6.45) is 1.94. The van der Waals surface area contributed by atoms with Gasteiger partial charge in [-0.15, -0.1) is 0 Å². The van der Waals surface area contributed by atoms with Crippen LogP contribution in [-0.4, -0.2) is 14.6 Å². The van der Waals surface area contributed by atoms with Crippen molar-refractivity contribution in [3.8, 4) is 11.3 Å². The van der Waals surface area contributed by atoms with E-state index in [4.69, 9.17) is 0 Å². The minimum Gasteiger partial charge on any atom is -0.232 e. The highest BCUT2D eigenvalue weighted by Crippen LogP contribution is 2.23. The first-order valence-corrected chi connectivity index (χ1v) is 6.62. The minimum absolute atomic E-state index is 0.882. The van der Waals surface area contributed by atoms with Crippen LogP contribution in [0.15, 0.2) is 60.8 Å². The normalized spacial score (nSPS) is 11.2. The molecule has 0 aliphatic heterocycles. The topological polar surface area (TPSA) is 30.2 Å². The molecule has 0 aliphatic rings. The van der Waals surface area contributed by atoms with Crippen LogP contribution in [0.4, 0.5) is 0 Å². The van der Waals surface area contributed by atoms with E-state index in [2.05, 4.69) is 52.5 Å². The molecule has 2 aromatic heterocycles. The Morgan fingerprint density at radius 1 is 0.900 bits per heavy atom. The van der Waals surface area contributed by atoms with Crippen LogP contribution in [0.5, 0.6) is 0 Å². The van der Waals surface area contributed by atoms with Crippen LogP contribution < -0.4 is 0 Å². The molecule has 0 saturated carbocycles. The molecule has 4 aromatic rings. The van der Waals surface area contributed by atoms with Gasteiger partial charge < -0.3 is 0 Å². The predicted molar refractivity (Wildman–Crippen MR) is 80.7 cm³/mol. The molecule has 3 nitrogen and oxygen atoms in total. The zero-order chi connectivity index (χ0) is 13.5. The number of benzene rings is 2. The van der Waals surface area contributed by atoms with Crippen molar-refractivity contribution in [1.82, 2.24) is 14.6 Å². The smallest absolute Gasteiger partial charge is 0.153 e. The predicted octanol–water partition coefficient (Wildman–Crippen LogP) is 3.86. The van der Waals surface area contributed by atoms with Crippen molar-refractivity contribution >= 4 is 16.4 Å². The Bertz CT molecular complexity index is 922. The second-order valence-electron chi connectivity index (χ2n) is 4.97. The van der Waals surface area contributed by atoms with E-state index in [9.17, 15) is 0 Å². The zero-order valence-corrected chi connectivity index (χ0v) is 11.1. The molecule has 2 heterocycles. The van der Waals surface area contributed by atoms with Gasteiger partial charge in [0.25, 0.3) is 0 Å². The van der Waals surface area contributed by atoms with Crippen molar-refractivity contribution in [2.45, 2.75) is 6.92 Å². The van der Waals surface area contributed by atoms with Gasteiger partial charge in [-0.1, -0.05) is 36.4 Å². The average Bonchev–Trinajstić information content (AvgIpc) is 2.85. The first kappa shape index (κ1) is 11.2. The Hall–Kier alpha value is -2.68. The monoisotopic (exact) mass is 259 g/mol. The number of hydrogen-bond donors (Lipinski definition) is 0. The Labute approximate surface area is 116 Å². The van der Waals surface area contributed by atoms with E-state index >= 15 is 0 Å². The molecule has 0 spiro atoms. The highest BCUT2D eigenvalue weighted by atomic mass is 15.2. The van der Waals surface area contributed by atoms with Crippen LogP contribution >= 0.6 is 0 Å². The number of nitrogens with zero attached hydrogens (tertiary/aromatic N) is 3. The Kier molecular flexibility index (Phi) is 2.33. The molecule has 0 aliphatic carbocycles. The highest BCUT2D eigenvalue weighted by molar-refractivity contribution is 5.86. The second-order valence-corrected chi connectivity index (χ2v) is 4.97. The van der Waals surface area contributed by atoms with Gasteiger partial charge in [0.1, 0.15) is 0 Å². The average molecular weight is 259 g/mol. The van der Waals surface area contributed by atoms with Gasteiger partial charge in [0, 0.05) is 5.56 Å². The summed E-state index contributed by atoms with van der Waals surface area (Å²) < 4.78 is 1.83. The molecule has 0 fully saturated rings. The molecule has 4 rings (SSSR count). The summed E-state index contributed by atoms with van der Waals surface area (Å²) in [7, 11) is 0. The molecule has 0 N–H and O–H groups in total. The van der Waals surface area contributed by atoms with Crippen molar-refractivity contribution in [3.05, 3.63) is 66.5 Å². The third-order valence-corrected chi connectivity index (χ3v) is 3.49. The minimum atomic E-state index is 0.882. The molecule has 20 heavy (non-hydrogen) atoms. The van der Waals surface area contributed by atoms with E-state index in [0.29, 0.717) is 0 Å². The highest BCUT2D eigenvalue weighted by Gasteiger charge is 2.04. The van der Waals surface area contributed by atoms with Gasteiger partial charge in [-0.05, 0) is 35.9 Å². The van der Waals surface area contributed by atoms with Gasteiger partial charge in [0.05, 0.1) is 17.6 Å². The summed E-state index contributed by atoms with van der Waals surface area (Å²) in [4.78, 5) is 4.40. The van der Waals surface area contributed by atoms with Crippen molar-refractivity contribution < 1.29 is 0 Å². The van der Waals surface area contributed by atoms with E-state index in [1.807, 2.05) is 29.8 Å². The standard InChI is InChI=1S/C17H13N3/c1-12-11-20-17(18-12)9-8-16(19-20)15-7-6-13-4-2-3-5-14(13)10-15/h2-11H,1H3. The van der Waals surface area contributed by atoms with E-state index < -0.39 is 0 Å². The lowest BCUT2D eigenvalue weighted by molar-refractivity contribution is 0.941. The molecule has 96 valence electrons. The van der Waals surface area contributed by atoms with E-state index in [-0.39, 0.29) is 0 Å². The molecule has 0 bridgehead atoms. The Morgan fingerprint density at radius 3 is 2.65 bits per heavy atom. The number of imidazole rings is 1. The van der Waals surface area contributed by atoms with Gasteiger partial charge >= 0.3 is 0 Å². The van der Waals surface area contributed by atoms with Crippen LogP contribution in [0, 0.1) is 6.92 Å². The van der Waals surface area contributed by atoms with Gasteiger partial charge in [-0.2, -0.15) is 5.10 Å². The van der Waals surface area contributed by atoms with E-state index in [0.717, 1.165) is 22.6 Å². The Morgan fingerprint density at radius 2 is 1.75 bits per heavy atom. The third-order valence-electron chi connectivity index (χ3n) is 3.49. The largest absolute Gasteiger partial charge is 0.232 e. The van der Waals surface area contributed by atoms with Crippen molar-refractivity contribution in [1.29, 1.82) is 0 Å². The fraction of sp³-hybridized carbons (Fsp3) is 0.0588. The number of rotatable bonds is 1. The lowest BCUT2D eigenvalue weighted by Gasteiger charge is -2.04. The van der Waals surface area contributed by atoms with E-state index in [1.165, 1.54) is 10.8 Å². The molecule has 0 unspecified atom stereocenters. The molecule has 0 saturated heterocycles. The quantitative estimate of drug-likeness (QED) is 0.519. The van der Waals surface area contributed by atoms with Gasteiger partial charge in [-0.25, -0.2) is 9.50 Å². The fourth-order valence-corrected chi connectivity index (χ4v) is 2.50. The van der Waals surface area contributed by atoms with Gasteiger partial charge in [0.2, 0.25) is 0 Å². The zero-order valence-electron chi connectivity index (χ0n) is 11.1. The van der Waals surface area contributed by atoms with Crippen LogP contribution in [0.1, 0.15) is 5.69 Å². The van der Waals surface area contributed by atoms with E-state index in [1.54, 1.807) is 0 Å². The molecular weight excluding hydrogens is 246 g/mol. The number of aromatic nitrogens is 3. The summed E-state index contributed by atoms with van der Waals surface area (Å²) in [5.74, 6) is 0. The summed E-state index contributed by atoms with van der Waals surface area (Å²) in [6.45, 7) is 1.98. The van der Waals surface area contributed by atoms with Crippen LogP contribution in [0.25, 0.3) is 27.7 Å². The maximum atomic E-state index is 4.63. The van der Waals surface area contributed by atoms with Gasteiger partial charge in [-0.3, -0.25) is 0 Å². The molecule has 0 radical (unpaired) electrons. The van der Waals surface area contributed by atoms with Crippen molar-refractivity contribution in [3.63, 3.8) is 0 Å². The first-order chi connectivity index (χ1) is 9.79. The van der Waals surface area contributed by atoms with Crippen LogP contribution in [-0.2, 0) is 0 Å². The van der Waals surface area contributed by atoms with Crippen LogP contribution in [0.3, 0.4) is 0 Å². The second kappa shape index (κ2) is 4.17. The van der Waals surface area contributed by atoms with Crippen molar-refractivity contribution in [2.24, 2.45) is 0 Å². The number of aryl methyl sites for hydroxylation is 1. The third kappa shape index (κ3) is 1.75. The molecule has 2 aromatic carbocycles. The van der Waals surface area contributed by atoms with Crippen LogP contribution in [0.2, 0.25) is 0 Å².